The van der Waals surface area contributed by atoms with Crippen molar-refractivity contribution in [3.05, 3.63) is 29.3 Å². The Balaban J connectivity index is 1.91. The van der Waals surface area contributed by atoms with Crippen LogP contribution in [0.1, 0.15) is 24.5 Å². The molecule has 4 nitrogen and oxygen atoms in total. The number of piperazine rings is 1. The number of urea groups is 1. The van der Waals surface area contributed by atoms with E-state index in [1.807, 2.05) is 30.9 Å². The fourth-order valence-electron chi connectivity index (χ4n) is 2.56. The van der Waals surface area contributed by atoms with Crippen LogP contribution in [0.25, 0.3) is 0 Å². The summed E-state index contributed by atoms with van der Waals surface area (Å²) in [6.45, 7) is 11.0. The summed E-state index contributed by atoms with van der Waals surface area (Å²) in [7, 11) is 0. The second-order valence-corrected chi connectivity index (χ2v) is 5.58. The maximum Gasteiger partial charge on any atom is 0.321 e. The molecule has 1 heterocycles. The number of carbonyl (C=O) groups excluding carboxylic acids is 1. The lowest BCUT2D eigenvalue weighted by atomic mass is 10.1. The molecule has 1 aliphatic rings. The summed E-state index contributed by atoms with van der Waals surface area (Å²) < 4.78 is 0. The Morgan fingerprint density at radius 1 is 1.20 bits per heavy atom. The third-order valence-corrected chi connectivity index (χ3v) is 3.83. The Kier molecular flexibility index (Phi) is 5.01. The maximum atomic E-state index is 12.3. The minimum Gasteiger partial charge on any atom is -0.322 e. The van der Waals surface area contributed by atoms with Crippen molar-refractivity contribution in [1.29, 1.82) is 0 Å². The molecule has 1 N–H and O–H groups in total. The van der Waals surface area contributed by atoms with Crippen molar-refractivity contribution in [2.24, 2.45) is 0 Å². The van der Waals surface area contributed by atoms with Crippen LogP contribution in [0.2, 0.25) is 0 Å². The number of nitrogens with one attached hydrogen (secondary N) is 1. The molecule has 1 saturated heterocycles. The van der Waals surface area contributed by atoms with Crippen LogP contribution in [0, 0.1) is 13.8 Å². The first-order valence-electron chi connectivity index (χ1n) is 7.45. The third kappa shape index (κ3) is 3.73. The van der Waals surface area contributed by atoms with Gasteiger partial charge in [0.05, 0.1) is 0 Å². The molecule has 0 unspecified atom stereocenters. The van der Waals surface area contributed by atoms with Gasteiger partial charge >= 0.3 is 6.03 Å². The molecule has 0 aromatic heterocycles. The van der Waals surface area contributed by atoms with Crippen molar-refractivity contribution >= 4 is 11.7 Å². The molecule has 0 saturated carbocycles. The average Bonchev–Trinajstić information content (AvgIpc) is 2.44. The Bertz CT molecular complexity index is 465. The van der Waals surface area contributed by atoms with Crippen molar-refractivity contribution in [3.8, 4) is 0 Å². The van der Waals surface area contributed by atoms with E-state index in [9.17, 15) is 4.79 Å². The van der Waals surface area contributed by atoms with E-state index >= 15 is 0 Å². The molecule has 20 heavy (non-hydrogen) atoms. The van der Waals surface area contributed by atoms with Crippen LogP contribution in [0.3, 0.4) is 0 Å². The van der Waals surface area contributed by atoms with E-state index in [-0.39, 0.29) is 6.03 Å². The minimum atomic E-state index is 0.0230. The SMILES string of the molecule is CCCN1CCN(C(=O)Nc2cc(C)ccc2C)CC1. The Hall–Kier alpha value is -1.55. The van der Waals surface area contributed by atoms with Crippen molar-refractivity contribution in [2.75, 3.05) is 38.0 Å². The zero-order chi connectivity index (χ0) is 14.5. The lowest BCUT2D eigenvalue weighted by Crippen LogP contribution is -2.50. The largest absolute Gasteiger partial charge is 0.322 e. The molecule has 1 aromatic rings. The van der Waals surface area contributed by atoms with Gasteiger partial charge in [0.25, 0.3) is 0 Å². The quantitative estimate of drug-likeness (QED) is 0.920. The first kappa shape index (κ1) is 14.9. The van der Waals surface area contributed by atoms with E-state index in [0.717, 1.165) is 44.0 Å². The lowest BCUT2D eigenvalue weighted by Gasteiger charge is -2.34. The number of carbonyl (C=O) groups is 1. The molecule has 1 aromatic carbocycles. The van der Waals surface area contributed by atoms with E-state index in [2.05, 4.69) is 23.2 Å². The molecule has 2 amide bonds. The van der Waals surface area contributed by atoms with E-state index in [4.69, 9.17) is 0 Å². The van der Waals surface area contributed by atoms with Gasteiger partial charge in [-0.1, -0.05) is 19.1 Å². The summed E-state index contributed by atoms with van der Waals surface area (Å²) >= 11 is 0. The number of rotatable bonds is 3. The van der Waals surface area contributed by atoms with Gasteiger partial charge in [-0.25, -0.2) is 4.79 Å². The molecule has 0 radical (unpaired) electrons. The van der Waals surface area contributed by atoms with Gasteiger partial charge in [0.15, 0.2) is 0 Å². The molecular weight excluding hydrogens is 250 g/mol. The molecule has 1 aliphatic heterocycles. The molecule has 110 valence electrons. The molecule has 0 atom stereocenters. The van der Waals surface area contributed by atoms with E-state index < -0.39 is 0 Å². The molecule has 0 spiro atoms. The van der Waals surface area contributed by atoms with Gasteiger partial charge in [0.2, 0.25) is 0 Å². The second kappa shape index (κ2) is 6.75. The van der Waals surface area contributed by atoms with Gasteiger partial charge in [-0.2, -0.15) is 0 Å². The number of benzene rings is 1. The van der Waals surface area contributed by atoms with Crippen LogP contribution in [0.15, 0.2) is 18.2 Å². The second-order valence-electron chi connectivity index (χ2n) is 5.58. The number of amides is 2. The third-order valence-electron chi connectivity index (χ3n) is 3.83. The van der Waals surface area contributed by atoms with E-state index in [1.54, 1.807) is 0 Å². The highest BCUT2D eigenvalue weighted by Crippen LogP contribution is 2.17. The smallest absolute Gasteiger partial charge is 0.321 e. The highest BCUT2D eigenvalue weighted by Gasteiger charge is 2.20. The molecule has 0 bridgehead atoms. The predicted molar refractivity (Wildman–Crippen MR) is 83.2 cm³/mol. The number of hydrogen-bond acceptors (Lipinski definition) is 2. The van der Waals surface area contributed by atoms with Crippen LogP contribution in [-0.4, -0.2) is 48.6 Å². The molecule has 2 rings (SSSR count). The van der Waals surface area contributed by atoms with Gasteiger partial charge in [-0.05, 0) is 44.0 Å². The highest BCUT2D eigenvalue weighted by atomic mass is 16.2. The van der Waals surface area contributed by atoms with Crippen LogP contribution >= 0.6 is 0 Å². The molecule has 0 aliphatic carbocycles. The monoisotopic (exact) mass is 275 g/mol. The summed E-state index contributed by atoms with van der Waals surface area (Å²) in [5.41, 5.74) is 3.19. The minimum absolute atomic E-state index is 0.0230. The number of anilines is 1. The number of nitrogens with zero attached hydrogens (tertiary/aromatic N) is 2. The van der Waals surface area contributed by atoms with Crippen molar-refractivity contribution < 1.29 is 4.79 Å². The van der Waals surface area contributed by atoms with Crippen molar-refractivity contribution in [3.63, 3.8) is 0 Å². The fraction of sp³-hybridized carbons (Fsp3) is 0.562. The summed E-state index contributed by atoms with van der Waals surface area (Å²) in [6.07, 6.45) is 1.18. The first-order valence-corrected chi connectivity index (χ1v) is 7.45. The van der Waals surface area contributed by atoms with E-state index in [1.165, 1.54) is 12.0 Å². The molecular formula is C16H25N3O. The predicted octanol–water partition coefficient (Wildman–Crippen LogP) is 2.86. The normalized spacial score (nSPS) is 16.2. The van der Waals surface area contributed by atoms with Gasteiger partial charge in [-0.3, -0.25) is 4.90 Å². The van der Waals surface area contributed by atoms with Crippen LogP contribution in [0.5, 0.6) is 0 Å². The zero-order valence-electron chi connectivity index (χ0n) is 12.8. The van der Waals surface area contributed by atoms with Crippen LogP contribution < -0.4 is 5.32 Å². The van der Waals surface area contributed by atoms with Gasteiger partial charge in [0.1, 0.15) is 0 Å². The summed E-state index contributed by atoms with van der Waals surface area (Å²) in [5.74, 6) is 0. The van der Waals surface area contributed by atoms with Crippen molar-refractivity contribution in [1.82, 2.24) is 9.80 Å². The summed E-state index contributed by atoms with van der Waals surface area (Å²) in [6, 6.07) is 6.16. The zero-order valence-corrected chi connectivity index (χ0v) is 12.8. The highest BCUT2D eigenvalue weighted by molar-refractivity contribution is 5.90. The first-order chi connectivity index (χ1) is 9.60. The van der Waals surface area contributed by atoms with Crippen LogP contribution in [-0.2, 0) is 0 Å². The summed E-state index contributed by atoms with van der Waals surface area (Å²) in [4.78, 5) is 16.6. The average molecular weight is 275 g/mol. The van der Waals surface area contributed by atoms with Gasteiger partial charge in [-0.15, -0.1) is 0 Å². The molecule has 4 heteroatoms. The number of hydrogen-bond donors (Lipinski definition) is 1. The van der Waals surface area contributed by atoms with E-state index in [0.29, 0.717) is 0 Å². The topological polar surface area (TPSA) is 35.6 Å². The Labute approximate surface area is 121 Å². The summed E-state index contributed by atoms with van der Waals surface area (Å²) in [5, 5.41) is 3.04. The fourth-order valence-corrected chi connectivity index (χ4v) is 2.56. The van der Waals surface area contributed by atoms with Gasteiger partial charge in [0, 0.05) is 31.9 Å². The lowest BCUT2D eigenvalue weighted by molar-refractivity contribution is 0.147. The molecule has 1 fully saturated rings. The standard InChI is InChI=1S/C16H25N3O/c1-4-7-18-8-10-19(11-9-18)16(20)17-15-12-13(2)5-6-14(15)3/h5-6,12H,4,7-11H2,1-3H3,(H,17,20). The van der Waals surface area contributed by atoms with Crippen LogP contribution in [0.4, 0.5) is 10.5 Å². The maximum absolute atomic E-state index is 12.3. The number of aryl methyl sites for hydroxylation is 2. The Morgan fingerprint density at radius 3 is 2.55 bits per heavy atom. The van der Waals surface area contributed by atoms with Gasteiger partial charge < -0.3 is 10.2 Å². The Morgan fingerprint density at radius 2 is 1.90 bits per heavy atom. The van der Waals surface area contributed by atoms with Crippen molar-refractivity contribution in [2.45, 2.75) is 27.2 Å².